The zero-order valence-electron chi connectivity index (χ0n) is 9.86. The molecule has 0 spiro atoms. The molecule has 1 amide bonds. The van der Waals surface area contributed by atoms with Crippen molar-refractivity contribution in [3.63, 3.8) is 0 Å². The van der Waals surface area contributed by atoms with Gasteiger partial charge in [-0.1, -0.05) is 11.6 Å². The number of nitrogens with one attached hydrogen (secondary N) is 1. The van der Waals surface area contributed by atoms with E-state index in [1.54, 1.807) is 36.6 Å². The summed E-state index contributed by atoms with van der Waals surface area (Å²) in [5, 5.41) is 12.0. The normalized spacial score (nSPS) is 10.7. The molecule has 0 heterocycles. The van der Waals surface area contributed by atoms with Gasteiger partial charge in [-0.15, -0.1) is 4.24 Å². The van der Waals surface area contributed by atoms with Crippen molar-refractivity contribution in [1.82, 2.24) is 0 Å². The molecule has 0 unspecified atom stereocenters. The quantitative estimate of drug-likeness (QED) is 0.368. The van der Waals surface area contributed by atoms with Crippen LogP contribution in [0.15, 0.2) is 34.1 Å². The number of nitrogens with zero attached hydrogens (tertiary/aromatic N) is 1. The Hall–Kier alpha value is -0.220. The minimum absolute atomic E-state index is 0. The van der Waals surface area contributed by atoms with Crippen molar-refractivity contribution in [2.45, 2.75) is 0 Å². The van der Waals surface area contributed by atoms with Gasteiger partial charge in [-0.3, -0.25) is 4.79 Å². The molecule has 88 valence electrons. The van der Waals surface area contributed by atoms with E-state index in [1.165, 1.54) is 11.8 Å². The van der Waals surface area contributed by atoms with Crippen LogP contribution in [0, 0.1) is 11.3 Å². The van der Waals surface area contributed by atoms with E-state index in [9.17, 15) is 4.79 Å². The average molecular weight is 307 g/mol. The molecule has 0 aliphatic carbocycles. The van der Waals surface area contributed by atoms with Gasteiger partial charge in [-0.25, -0.2) is 0 Å². The third kappa shape index (κ3) is 5.19. The van der Waals surface area contributed by atoms with Crippen LogP contribution < -0.4 is 34.9 Å². The fourth-order valence-corrected chi connectivity index (χ4v) is 1.62. The monoisotopic (exact) mass is 306 g/mol. The first-order chi connectivity index (χ1) is 8.08. The number of nitriles is 1. The second-order valence-corrected chi connectivity index (χ2v) is 4.86. The number of anilines is 1. The van der Waals surface area contributed by atoms with Gasteiger partial charge in [-0.2, -0.15) is 17.0 Å². The molecular weight excluding hydrogens is 299 g/mol. The Balaban J connectivity index is 0.00000289. The second-order valence-electron chi connectivity index (χ2n) is 2.94. The fraction of sp³-hybridized carbons (Fsp3) is 0.0909. The SMILES string of the molecule is CS/C([S-])=C(\C#N)C(=O)Nc1ccc(Cl)cc1.[Na+]. The van der Waals surface area contributed by atoms with E-state index in [1.807, 2.05) is 0 Å². The topological polar surface area (TPSA) is 52.9 Å². The van der Waals surface area contributed by atoms with Crippen molar-refractivity contribution in [3.8, 4) is 6.07 Å². The van der Waals surface area contributed by atoms with Crippen LogP contribution in [-0.2, 0) is 17.4 Å². The van der Waals surface area contributed by atoms with Crippen molar-refractivity contribution >= 4 is 47.6 Å². The van der Waals surface area contributed by atoms with Crippen molar-refractivity contribution in [2.75, 3.05) is 11.6 Å². The number of carbonyl (C=O) groups is 1. The molecule has 7 heteroatoms. The fourth-order valence-electron chi connectivity index (χ4n) is 1.02. The summed E-state index contributed by atoms with van der Waals surface area (Å²) in [5.74, 6) is -0.505. The van der Waals surface area contributed by atoms with E-state index < -0.39 is 5.91 Å². The van der Waals surface area contributed by atoms with Gasteiger partial charge in [-0.05, 0) is 30.5 Å². The summed E-state index contributed by atoms with van der Waals surface area (Å²) < 4.78 is 0.277. The molecule has 18 heavy (non-hydrogen) atoms. The predicted molar refractivity (Wildman–Crippen MR) is 73.6 cm³/mol. The first-order valence-electron chi connectivity index (χ1n) is 4.50. The molecule has 0 fully saturated rings. The molecule has 0 bridgehead atoms. The maximum Gasteiger partial charge on any atom is 1.00 e. The average Bonchev–Trinajstić information content (AvgIpc) is 2.32. The maximum absolute atomic E-state index is 11.7. The number of carbonyl (C=O) groups excluding carboxylic acids is 1. The number of halogens is 1. The van der Waals surface area contributed by atoms with E-state index in [2.05, 4.69) is 5.32 Å². The Labute approximate surface area is 143 Å². The summed E-state index contributed by atoms with van der Waals surface area (Å²) in [7, 11) is 0. The van der Waals surface area contributed by atoms with Gasteiger partial charge in [0.2, 0.25) is 0 Å². The van der Waals surface area contributed by atoms with Gasteiger partial charge in [0.1, 0.15) is 11.6 Å². The van der Waals surface area contributed by atoms with Crippen LogP contribution in [0.3, 0.4) is 0 Å². The van der Waals surface area contributed by atoms with Gasteiger partial charge in [0, 0.05) is 10.7 Å². The number of hydrogen-bond donors (Lipinski definition) is 1. The number of amides is 1. The summed E-state index contributed by atoms with van der Waals surface area (Å²) in [6, 6.07) is 8.40. The van der Waals surface area contributed by atoms with Gasteiger partial charge >= 0.3 is 29.6 Å². The second kappa shape index (κ2) is 8.81. The van der Waals surface area contributed by atoms with Crippen LogP contribution in [0.4, 0.5) is 5.69 Å². The summed E-state index contributed by atoms with van der Waals surface area (Å²) in [5.41, 5.74) is 0.513. The van der Waals surface area contributed by atoms with E-state index in [0.717, 1.165) is 0 Å². The summed E-state index contributed by atoms with van der Waals surface area (Å²) in [6.45, 7) is 0. The largest absolute Gasteiger partial charge is 1.00 e. The molecule has 1 N–H and O–H groups in total. The minimum atomic E-state index is -0.505. The van der Waals surface area contributed by atoms with E-state index >= 15 is 0 Å². The molecule has 1 aromatic carbocycles. The third-order valence-electron chi connectivity index (χ3n) is 1.83. The zero-order chi connectivity index (χ0) is 12.8. The van der Waals surface area contributed by atoms with Crippen LogP contribution in [0.1, 0.15) is 0 Å². The van der Waals surface area contributed by atoms with Crippen molar-refractivity contribution in [1.29, 1.82) is 5.26 Å². The molecule has 1 rings (SSSR count). The number of thioether (sulfide) groups is 1. The summed E-state index contributed by atoms with van der Waals surface area (Å²) >= 11 is 11.8. The standard InChI is InChI=1S/C11H9ClN2OS2.Na/c1-17-11(16)9(6-13)10(15)14-8-4-2-7(12)3-5-8;/h2-5,16H,1H3,(H,14,15);/q;+1/p-1/b11-9+;. The molecule has 0 saturated carbocycles. The first-order valence-corrected chi connectivity index (χ1v) is 6.52. The molecule has 0 aromatic heterocycles. The molecule has 1 aromatic rings. The summed E-state index contributed by atoms with van der Waals surface area (Å²) in [4.78, 5) is 11.7. The van der Waals surface area contributed by atoms with E-state index in [-0.39, 0.29) is 39.4 Å². The van der Waals surface area contributed by atoms with Gasteiger partial charge < -0.3 is 17.9 Å². The van der Waals surface area contributed by atoms with Crippen molar-refractivity contribution in [2.24, 2.45) is 0 Å². The summed E-state index contributed by atoms with van der Waals surface area (Å²) in [6.07, 6.45) is 1.72. The first kappa shape index (κ1) is 17.8. The Morgan fingerprint density at radius 3 is 2.44 bits per heavy atom. The van der Waals surface area contributed by atoms with Crippen molar-refractivity contribution < 1.29 is 34.4 Å². The molecular formula is C11H8ClN2NaOS2. The Kier molecular flexibility index (Phi) is 8.70. The Morgan fingerprint density at radius 1 is 1.44 bits per heavy atom. The predicted octanol–water partition coefficient (Wildman–Crippen LogP) is -0.0724. The van der Waals surface area contributed by atoms with Crippen LogP contribution in [0.2, 0.25) is 5.02 Å². The van der Waals surface area contributed by atoms with Gasteiger partial charge in [0.05, 0.1) is 0 Å². The third-order valence-corrected chi connectivity index (χ3v) is 3.36. The van der Waals surface area contributed by atoms with Crippen LogP contribution in [-0.4, -0.2) is 12.2 Å². The number of rotatable bonds is 3. The molecule has 0 radical (unpaired) electrons. The Morgan fingerprint density at radius 2 is 2.00 bits per heavy atom. The van der Waals surface area contributed by atoms with Crippen LogP contribution in [0.5, 0.6) is 0 Å². The number of hydrogen-bond acceptors (Lipinski definition) is 4. The molecule has 0 aliphatic heterocycles. The minimum Gasteiger partial charge on any atom is -0.772 e. The smallest absolute Gasteiger partial charge is 0.772 e. The molecule has 0 aliphatic rings. The molecule has 3 nitrogen and oxygen atoms in total. The number of benzene rings is 1. The zero-order valence-corrected chi connectivity index (χ0v) is 14.2. The Bertz CT molecular complexity index is 497. The van der Waals surface area contributed by atoms with Gasteiger partial charge in [0.15, 0.2) is 0 Å². The van der Waals surface area contributed by atoms with E-state index in [0.29, 0.717) is 10.7 Å². The van der Waals surface area contributed by atoms with E-state index in [4.69, 9.17) is 29.5 Å². The van der Waals surface area contributed by atoms with Gasteiger partial charge in [0.25, 0.3) is 5.91 Å². The van der Waals surface area contributed by atoms with Crippen molar-refractivity contribution in [3.05, 3.63) is 39.1 Å². The molecule has 0 atom stereocenters. The van der Waals surface area contributed by atoms with Crippen LogP contribution in [0.25, 0.3) is 0 Å². The molecule has 0 saturated heterocycles. The maximum atomic E-state index is 11.7. The van der Waals surface area contributed by atoms with Crippen LogP contribution >= 0.6 is 23.4 Å².